The summed E-state index contributed by atoms with van der Waals surface area (Å²) in [7, 11) is -1.71. The molecule has 0 aliphatic heterocycles. The Hall–Kier alpha value is -0.690. The molecule has 0 fully saturated rings. The Morgan fingerprint density at radius 1 is 1.42 bits per heavy atom. The van der Waals surface area contributed by atoms with E-state index in [2.05, 4.69) is 6.58 Å². The van der Waals surface area contributed by atoms with Gasteiger partial charge in [-0.05, 0) is 17.7 Å². The zero-order chi connectivity index (χ0) is 14.6. The fourth-order valence-electron chi connectivity index (χ4n) is 1.42. The summed E-state index contributed by atoms with van der Waals surface area (Å²) in [6, 6.07) is 6.43. The predicted molar refractivity (Wildman–Crippen MR) is 79.0 cm³/mol. The van der Waals surface area contributed by atoms with Gasteiger partial charge in [0, 0.05) is 35.7 Å². The van der Waals surface area contributed by atoms with Gasteiger partial charge < -0.3 is 0 Å². The van der Waals surface area contributed by atoms with Crippen molar-refractivity contribution >= 4 is 32.4 Å². The van der Waals surface area contributed by atoms with Crippen LogP contribution in [0, 0.1) is 0 Å². The van der Waals surface area contributed by atoms with E-state index in [9.17, 15) is 12.6 Å². The number of rotatable bonds is 6. The topological polar surface area (TPSA) is 54.5 Å². The molecule has 0 aliphatic carbocycles. The zero-order valence-corrected chi connectivity index (χ0v) is 13.2. The molecule has 1 aromatic rings. The minimum absolute atomic E-state index is 0.191. The van der Waals surface area contributed by atoms with Crippen LogP contribution in [0.1, 0.15) is 5.56 Å². The summed E-state index contributed by atoms with van der Waals surface area (Å²) in [4.78, 5) is 0.191. The highest BCUT2D eigenvalue weighted by atomic mass is 35.5. The molecule has 0 amide bonds. The average molecular weight is 322 g/mol. The predicted octanol–water partition coefficient (Wildman–Crippen LogP) is 1.94. The molecule has 0 saturated heterocycles. The third kappa shape index (κ3) is 4.72. The first-order valence-corrected chi connectivity index (χ1v) is 8.74. The Labute approximate surface area is 121 Å². The summed E-state index contributed by atoms with van der Waals surface area (Å²) in [6.45, 7) is 3.49. The maximum atomic E-state index is 12.0. The smallest absolute Gasteiger partial charge is 0.242 e. The molecule has 1 atom stereocenters. The molecular weight excluding hydrogens is 306 g/mol. The highest BCUT2D eigenvalue weighted by Crippen LogP contribution is 2.16. The number of nitrogens with zero attached hydrogens (tertiary/aromatic N) is 1. The van der Waals surface area contributed by atoms with Crippen LogP contribution in [0.15, 0.2) is 40.8 Å². The molecule has 0 heterocycles. The van der Waals surface area contributed by atoms with Gasteiger partial charge in [0.1, 0.15) is 0 Å². The van der Waals surface area contributed by atoms with Crippen molar-refractivity contribution in [3.8, 4) is 0 Å². The molecule has 0 bridgehead atoms. The summed E-state index contributed by atoms with van der Waals surface area (Å²) in [5.74, 6) is 0.453. The summed E-state index contributed by atoms with van der Waals surface area (Å²) in [6.07, 6.45) is 0. The van der Waals surface area contributed by atoms with Crippen LogP contribution in [-0.2, 0) is 26.6 Å². The molecule has 19 heavy (non-hydrogen) atoms. The molecule has 0 aliphatic rings. The molecular formula is C12H16ClNO3S2. The van der Waals surface area contributed by atoms with Crippen molar-refractivity contribution in [2.75, 3.05) is 19.8 Å². The van der Waals surface area contributed by atoms with Gasteiger partial charge in [-0.2, -0.15) is 0 Å². The van der Waals surface area contributed by atoms with Gasteiger partial charge in [-0.3, -0.25) is 4.21 Å². The van der Waals surface area contributed by atoms with E-state index in [4.69, 9.17) is 11.6 Å². The van der Waals surface area contributed by atoms with E-state index in [1.54, 1.807) is 12.1 Å². The lowest BCUT2D eigenvalue weighted by atomic mass is 10.2. The third-order valence-electron chi connectivity index (χ3n) is 2.32. The minimum atomic E-state index is -3.47. The van der Waals surface area contributed by atoms with Crippen LogP contribution in [0.3, 0.4) is 0 Å². The van der Waals surface area contributed by atoms with Gasteiger partial charge in [-0.1, -0.05) is 30.3 Å². The summed E-state index contributed by atoms with van der Waals surface area (Å²) in [5, 5.41) is 0.329. The number of benzene rings is 1. The van der Waals surface area contributed by atoms with Crippen LogP contribution in [0.4, 0.5) is 0 Å². The number of sulfonamides is 1. The molecule has 1 aromatic carbocycles. The number of halogens is 1. The Morgan fingerprint density at radius 2 is 2.05 bits per heavy atom. The van der Waals surface area contributed by atoms with Crippen molar-refractivity contribution in [3.63, 3.8) is 0 Å². The van der Waals surface area contributed by atoms with Crippen LogP contribution < -0.4 is 0 Å². The van der Waals surface area contributed by atoms with E-state index in [1.807, 2.05) is 0 Å². The fraction of sp³-hybridized carbons (Fsp3) is 0.333. The zero-order valence-electron chi connectivity index (χ0n) is 10.8. The number of hydrogen-bond acceptors (Lipinski definition) is 3. The fourth-order valence-corrected chi connectivity index (χ4v) is 3.76. The summed E-state index contributed by atoms with van der Waals surface area (Å²) < 4.78 is 36.8. The van der Waals surface area contributed by atoms with Crippen LogP contribution in [0.2, 0.25) is 0 Å². The highest BCUT2D eigenvalue weighted by Gasteiger charge is 2.17. The molecule has 1 rings (SSSR count). The first-order valence-electron chi connectivity index (χ1n) is 5.43. The normalized spacial score (nSPS) is 13.5. The van der Waals surface area contributed by atoms with Crippen molar-refractivity contribution in [2.45, 2.75) is 10.6 Å². The lowest BCUT2D eigenvalue weighted by Crippen LogP contribution is -2.22. The second-order valence-electron chi connectivity index (χ2n) is 4.18. The van der Waals surface area contributed by atoms with Crippen LogP contribution in [0.5, 0.6) is 0 Å². The van der Waals surface area contributed by atoms with Crippen molar-refractivity contribution in [3.05, 3.63) is 41.4 Å². The SMILES string of the molecule is C=C(Cl)CS(=O)Cc1cccc(S(=O)(=O)N(C)C)c1. The Kier molecular flexibility index (Phi) is 5.73. The largest absolute Gasteiger partial charge is 0.259 e. The van der Waals surface area contributed by atoms with Crippen molar-refractivity contribution in [2.24, 2.45) is 0 Å². The standard InChI is InChI=1S/C12H16ClNO3S2/c1-10(13)8-18(15)9-11-5-4-6-12(7-11)19(16,17)14(2)3/h4-7H,1,8-9H2,2-3H3. The molecule has 0 saturated carbocycles. The molecule has 0 spiro atoms. The van der Waals surface area contributed by atoms with Crippen molar-refractivity contribution in [1.82, 2.24) is 4.31 Å². The Bertz CT molecular complexity index is 597. The van der Waals surface area contributed by atoms with Crippen LogP contribution in [-0.4, -0.2) is 36.8 Å². The lowest BCUT2D eigenvalue weighted by Gasteiger charge is -2.12. The monoisotopic (exact) mass is 321 g/mol. The van der Waals surface area contributed by atoms with Crippen molar-refractivity contribution in [1.29, 1.82) is 0 Å². The van der Waals surface area contributed by atoms with E-state index < -0.39 is 20.8 Å². The van der Waals surface area contributed by atoms with Crippen LogP contribution >= 0.6 is 11.6 Å². The van der Waals surface area contributed by atoms with Gasteiger partial charge in [-0.15, -0.1) is 0 Å². The van der Waals surface area contributed by atoms with E-state index in [1.165, 1.54) is 26.2 Å². The first-order chi connectivity index (χ1) is 8.73. The second kappa shape index (κ2) is 6.65. The summed E-state index contributed by atoms with van der Waals surface area (Å²) >= 11 is 5.59. The molecule has 0 aromatic heterocycles. The Balaban J connectivity index is 2.96. The molecule has 0 radical (unpaired) electrons. The first kappa shape index (κ1) is 16.4. The molecule has 0 N–H and O–H groups in total. The van der Waals surface area contributed by atoms with Crippen LogP contribution in [0.25, 0.3) is 0 Å². The molecule has 4 nitrogen and oxygen atoms in total. The van der Waals surface area contributed by atoms with Gasteiger partial charge >= 0.3 is 0 Å². The van der Waals surface area contributed by atoms with Gasteiger partial charge in [-0.25, -0.2) is 12.7 Å². The maximum absolute atomic E-state index is 12.0. The third-order valence-corrected chi connectivity index (χ3v) is 5.75. The molecule has 1 unspecified atom stereocenters. The van der Waals surface area contributed by atoms with Gasteiger partial charge in [0.15, 0.2) is 0 Å². The number of hydrogen-bond donors (Lipinski definition) is 0. The van der Waals surface area contributed by atoms with E-state index in [0.717, 1.165) is 4.31 Å². The van der Waals surface area contributed by atoms with Gasteiger partial charge in [0.2, 0.25) is 10.0 Å². The van der Waals surface area contributed by atoms with Gasteiger partial charge in [0.25, 0.3) is 0 Å². The van der Waals surface area contributed by atoms with Gasteiger partial charge in [0.05, 0.1) is 10.6 Å². The second-order valence-corrected chi connectivity index (χ2v) is 8.32. The quantitative estimate of drug-likeness (QED) is 0.804. The summed E-state index contributed by atoms with van der Waals surface area (Å²) in [5.41, 5.74) is 0.694. The minimum Gasteiger partial charge on any atom is -0.259 e. The molecule has 106 valence electrons. The Morgan fingerprint density at radius 3 is 2.58 bits per heavy atom. The maximum Gasteiger partial charge on any atom is 0.242 e. The van der Waals surface area contributed by atoms with E-state index in [-0.39, 0.29) is 16.4 Å². The highest BCUT2D eigenvalue weighted by molar-refractivity contribution is 7.89. The lowest BCUT2D eigenvalue weighted by molar-refractivity contribution is 0.520. The van der Waals surface area contributed by atoms with Crippen molar-refractivity contribution < 1.29 is 12.6 Å². The van der Waals surface area contributed by atoms with E-state index in [0.29, 0.717) is 10.6 Å². The molecule has 7 heteroatoms. The average Bonchev–Trinajstić information content (AvgIpc) is 2.27. The van der Waals surface area contributed by atoms with E-state index >= 15 is 0 Å².